The Morgan fingerprint density at radius 2 is 0.496 bits per heavy atom. The lowest BCUT2D eigenvalue weighted by Crippen LogP contribution is -2.36. The molecule has 0 saturated carbocycles. The van der Waals surface area contributed by atoms with Crippen molar-refractivity contribution < 1.29 is 102 Å². The zero-order valence-corrected chi connectivity index (χ0v) is 70.6. The third kappa shape index (κ3) is 18.2. The summed E-state index contributed by atoms with van der Waals surface area (Å²) in [5.74, 6) is -3.90. The van der Waals surface area contributed by atoms with E-state index in [0.717, 1.165) is 42.0 Å². The zero-order chi connectivity index (χ0) is 102. The first kappa shape index (κ1) is 98.1. The Morgan fingerprint density at radius 1 is 0.273 bits per heavy atom. The van der Waals surface area contributed by atoms with E-state index in [1.54, 1.807) is 38.1 Å². The van der Waals surface area contributed by atoms with Crippen LogP contribution in [0, 0.1) is 151 Å². The van der Waals surface area contributed by atoms with E-state index in [4.69, 9.17) is 39.4 Å². The van der Waals surface area contributed by atoms with Gasteiger partial charge in [-0.25, -0.2) is 0 Å². The van der Waals surface area contributed by atoms with Gasteiger partial charge in [0.25, 0.3) is 0 Å². The Labute approximate surface area is 772 Å². The first-order chi connectivity index (χ1) is 65.5. The summed E-state index contributed by atoms with van der Waals surface area (Å²) in [5, 5.41) is 76.6. The molecule has 0 N–H and O–H groups in total. The number of nitriles is 8. The van der Waals surface area contributed by atoms with E-state index in [-0.39, 0.29) is 85.1 Å². The average Bonchev–Trinajstić information content (AvgIpc) is 1.54. The topological polar surface area (TPSA) is 235 Å². The maximum absolute atomic E-state index is 15.3. The van der Waals surface area contributed by atoms with Crippen LogP contribution in [0.5, 0.6) is 11.5 Å². The second-order valence-electron chi connectivity index (χ2n) is 31.1. The normalized spacial score (nSPS) is 13.7. The molecule has 682 valence electrons. The molecule has 0 saturated heterocycles. The fraction of sp³-hybridized carbons (Fsp3) is 0.157. The van der Waals surface area contributed by atoms with Crippen LogP contribution in [0.4, 0.5) is 92.2 Å². The number of alkyl halides is 21. The molecule has 0 bridgehead atoms. The van der Waals surface area contributed by atoms with E-state index in [2.05, 4.69) is 50.7 Å². The highest BCUT2D eigenvalue weighted by molar-refractivity contribution is 5.96. The largest absolute Gasteiger partial charge is 0.573 e. The quantitative estimate of drug-likeness (QED) is 0.0792. The van der Waals surface area contributed by atoms with E-state index >= 15 is 26.3 Å². The Balaban J connectivity index is 0.000000176. The van der Waals surface area contributed by atoms with Crippen molar-refractivity contribution >= 4 is 33.4 Å². The van der Waals surface area contributed by atoms with Crippen LogP contribution in [0.1, 0.15) is 122 Å². The molecule has 0 aliphatic heterocycles. The van der Waals surface area contributed by atoms with Gasteiger partial charge in [0, 0.05) is 57.7 Å². The SMILES string of the molecule is [C-]#[N+]C([N+]#[C-])=C1Cc2c(C#N)c3c(c(C#N)c2=C1c1cccc(C)c1)CC(=C(C#N)C#N)C=3c1cccc(C(F)(F)F)c1.[C-]#[N+]C([N+]#[C-])=C1Cc2c(C(F)(F)F)c3c(c(C(F)(F)F)c2=C1c1cccc(C)c1)CC(=C(C#N)C#N)C=3c1cccc(C(F)(F)F)c1.[C-]#[N+]C([N+]#[C-])=C1Cc2c(OC(F)(F)F)c3c(c(OC(F)(F)F)c2=C1c1cccc(C)c1)CC(=C(C#N)C#N)C=3c1cccc(C(F)(F)F)c1. The van der Waals surface area contributed by atoms with Gasteiger partial charge in [-0.1, -0.05) is 126 Å². The number of rotatable bonds is 8. The molecule has 0 aromatic heterocycles. The number of hydrogen-bond donors (Lipinski definition) is 0. The van der Waals surface area contributed by atoms with Gasteiger partial charge < -0.3 is 9.47 Å². The van der Waals surface area contributed by atoms with Crippen molar-refractivity contribution in [1.82, 2.24) is 0 Å². The van der Waals surface area contributed by atoms with Crippen molar-refractivity contribution in [3.05, 3.63) is 435 Å². The molecule has 0 fully saturated rings. The Bertz CT molecular complexity index is 8250. The summed E-state index contributed by atoms with van der Waals surface area (Å²) in [6, 6.07) is 43.2. The molecule has 9 aromatic rings. The van der Waals surface area contributed by atoms with Crippen LogP contribution < -0.4 is 40.8 Å². The molecule has 0 radical (unpaired) electrons. The van der Waals surface area contributed by atoms with Crippen molar-refractivity contribution in [3.63, 3.8) is 0 Å². The zero-order valence-electron chi connectivity index (χ0n) is 70.6. The summed E-state index contributed by atoms with van der Waals surface area (Å²) in [4.78, 5) is 19.3. The Kier molecular flexibility index (Phi) is 26.0. The fourth-order valence-corrected chi connectivity index (χ4v) is 18.1. The van der Waals surface area contributed by atoms with Gasteiger partial charge in [0.15, 0.2) is 0 Å². The molecule has 37 heteroatoms. The minimum atomic E-state index is -5.54. The highest BCUT2D eigenvalue weighted by Crippen LogP contribution is 2.50. The highest BCUT2D eigenvalue weighted by Gasteiger charge is 2.51. The maximum Gasteiger partial charge on any atom is 0.573 e. The van der Waals surface area contributed by atoms with Gasteiger partial charge >= 0.3 is 61.1 Å². The van der Waals surface area contributed by atoms with Crippen molar-refractivity contribution in [2.75, 3.05) is 0 Å². The number of allylic oxidation sites excluding steroid dienone is 9. The fourth-order valence-electron chi connectivity index (χ4n) is 18.1. The summed E-state index contributed by atoms with van der Waals surface area (Å²) < 4.78 is 310. The molecular weight excluding hydrogens is 1850 g/mol. The second-order valence-corrected chi connectivity index (χ2v) is 31.1. The van der Waals surface area contributed by atoms with Gasteiger partial charge in [0.05, 0.1) is 55.7 Å². The number of benzene rings is 9. The second kappa shape index (κ2) is 36.9. The van der Waals surface area contributed by atoms with Gasteiger partial charge in [-0.3, -0.25) is 0 Å². The summed E-state index contributed by atoms with van der Waals surface area (Å²) in [6.45, 7) is 50.4. The number of aryl methyl sites for hydroxylation is 3. The third-order valence-electron chi connectivity index (χ3n) is 23.1. The first-order valence-electron chi connectivity index (χ1n) is 39.7. The van der Waals surface area contributed by atoms with Crippen molar-refractivity contribution in [3.8, 4) is 60.1 Å². The van der Waals surface area contributed by atoms with E-state index in [1.807, 2.05) is 31.2 Å². The van der Waals surface area contributed by atoms with Crippen LogP contribution >= 0.6 is 0 Å². The lowest BCUT2D eigenvalue weighted by Gasteiger charge is -2.19. The number of fused-ring (bicyclic) bond motifs is 6. The molecule has 6 aliphatic carbocycles. The predicted molar refractivity (Wildman–Crippen MR) is 450 cm³/mol. The molecular formula is C102H45F21N14O2. The van der Waals surface area contributed by atoms with E-state index in [1.165, 1.54) is 72.8 Å². The van der Waals surface area contributed by atoms with E-state index < -0.39 is 214 Å². The van der Waals surface area contributed by atoms with Crippen LogP contribution in [0.25, 0.3) is 62.5 Å². The summed E-state index contributed by atoms with van der Waals surface area (Å²) in [6.07, 6.45) is -40.3. The van der Waals surface area contributed by atoms with Crippen molar-refractivity contribution in [1.29, 1.82) is 42.1 Å². The number of ether oxygens (including phenoxy) is 2. The Hall–Kier alpha value is -18.4. The molecule has 9 aromatic carbocycles. The monoisotopic (exact) mass is 1900 g/mol. The molecule has 6 aliphatic rings. The molecule has 0 amide bonds. The van der Waals surface area contributed by atoms with Gasteiger partial charge in [-0.05, 0) is 186 Å². The van der Waals surface area contributed by atoms with E-state index in [0.29, 0.717) is 68.4 Å². The van der Waals surface area contributed by atoms with Crippen molar-refractivity contribution in [2.24, 2.45) is 0 Å². The van der Waals surface area contributed by atoms with Crippen LogP contribution in [0.3, 0.4) is 0 Å². The third-order valence-corrected chi connectivity index (χ3v) is 23.1. The molecule has 15 rings (SSSR count). The highest BCUT2D eigenvalue weighted by atomic mass is 19.4. The van der Waals surface area contributed by atoms with Gasteiger partial charge in [0.1, 0.15) is 116 Å². The summed E-state index contributed by atoms with van der Waals surface area (Å²) in [7, 11) is 0. The smallest absolute Gasteiger partial charge is 0.405 e. The van der Waals surface area contributed by atoms with Crippen LogP contribution in [0.2, 0.25) is 0 Å². The average molecular weight is 1900 g/mol. The van der Waals surface area contributed by atoms with Crippen LogP contribution in [-0.2, 0) is 69.4 Å². The lowest BCUT2D eigenvalue weighted by atomic mass is 9.90. The van der Waals surface area contributed by atoms with Crippen molar-refractivity contribution in [2.45, 2.75) is 103 Å². The number of halogens is 21. The first-order valence-corrected chi connectivity index (χ1v) is 39.7. The van der Waals surface area contributed by atoms with E-state index in [9.17, 15) is 108 Å². The molecule has 0 atom stereocenters. The van der Waals surface area contributed by atoms with Gasteiger partial charge in [-0.2, -0.15) is 137 Å². The molecule has 16 nitrogen and oxygen atoms in total. The number of nitrogens with zero attached hydrogens (tertiary/aromatic N) is 14. The minimum Gasteiger partial charge on any atom is -0.405 e. The molecule has 0 heterocycles. The lowest BCUT2D eigenvalue weighted by molar-refractivity contribution is -0.277. The van der Waals surface area contributed by atoms with Crippen LogP contribution in [0.15, 0.2) is 213 Å². The maximum atomic E-state index is 15.3. The van der Waals surface area contributed by atoms with Gasteiger partial charge in [-0.15, -0.1) is 26.3 Å². The Morgan fingerprint density at radius 3 is 0.755 bits per heavy atom. The minimum absolute atomic E-state index is 0.00714. The molecule has 0 unspecified atom stereocenters. The summed E-state index contributed by atoms with van der Waals surface area (Å²) in [5.41, 5.74) is -12.2. The summed E-state index contributed by atoms with van der Waals surface area (Å²) >= 11 is 0. The van der Waals surface area contributed by atoms with Gasteiger partial charge in [0.2, 0.25) is 0 Å². The standard InChI is InChI=1S/C34H15F9N4O2.C34H15F9N4.C34H15F3N6/c1-16-6-4-7-17(10-16)26-24(31(46-2)47-3)13-23-28(26)29(48-33(38,39)40)22-12-21(19(14-44)15-45)25(27(22)30(23)49-34(41,42)43)18-8-5-9-20(11-18)32(35,36)37;1-16-6-4-7-17(10-16)26-24(31(46-2)47-3)13-23-28(26)29(33(38,39)40)22-12-21(19(14-44)15-45)25(27(22)30(23)34(41,42)43)18-8-5-9-20(11-18)32(35,36)37;1-18-6-4-7-19(10-18)30-26(33(42-2)43-3)13-25-28(17-41)31-24(27(16-40)32(25)30)12-23(21(14-38)15-39)29(31)20-8-5-9-22(11-20)34(35,36)37/h4-11H,12-13H2,1H3;4-11H,12-13H2,1H3;4-11H,12-13H2,1H3. The van der Waals surface area contributed by atoms with Crippen LogP contribution in [-0.4, -0.2) is 12.7 Å². The number of hydrogen-bond acceptors (Lipinski definition) is 10. The molecule has 139 heavy (non-hydrogen) atoms. The predicted octanol–water partition coefficient (Wildman–Crippen LogP) is 21.3. The molecule has 0 spiro atoms.